The molecule has 0 aliphatic carbocycles. The van der Waals surface area contributed by atoms with Crippen LogP contribution in [0.15, 0.2) is 6.07 Å². The van der Waals surface area contributed by atoms with Gasteiger partial charge < -0.3 is 14.7 Å². The van der Waals surface area contributed by atoms with Crippen LogP contribution >= 0.6 is 0 Å². The number of aryl methyl sites for hydroxylation is 3. The molecule has 1 aromatic rings. The maximum Gasteiger partial charge on any atom is 0.224 e. The first-order valence-electron chi connectivity index (χ1n) is 9.00. The molecule has 0 bridgehead atoms. The summed E-state index contributed by atoms with van der Waals surface area (Å²) in [5, 5.41) is 15.0. The summed E-state index contributed by atoms with van der Waals surface area (Å²) in [5.41, 5.74) is 1.06. The highest BCUT2D eigenvalue weighted by Crippen LogP contribution is 2.42. The summed E-state index contributed by atoms with van der Waals surface area (Å²) in [5.74, 6) is 0.140. The largest absolute Gasteiger partial charge is 0.387 e. The van der Waals surface area contributed by atoms with Crippen molar-refractivity contribution in [2.75, 3.05) is 19.7 Å². The maximum absolute atomic E-state index is 12.4. The molecule has 6 heteroatoms. The Labute approximate surface area is 143 Å². The van der Waals surface area contributed by atoms with E-state index in [2.05, 4.69) is 12.0 Å². The number of unbranched alkanes of at least 4 members (excludes halogenated alkanes) is 1. The molecule has 2 aliphatic rings. The number of nitrogens with zero attached hydrogens (tertiary/aromatic N) is 3. The molecule has 2 aliphatic heterocycles. The Balaban J connectivity index is 1.46. The van der Waals surface area contributed by atoms with Gasteiger partial charge in [-0.15, -0.1) is 0 Å². The summed E-state index contributed by atoms with van der Waals surface area (Å²) >= 11 is 0. The molecule has 0 saturated carbocycles. The highest BCUT2D eigenvalue weighted by atomic mass is 16.5. The highest BCUT2D eigenvalue weighted by molar-refractivity contribution is 5.77. The number of aliphatic hydroxyl groups is 1. The fourth-order valence-corrected chi connectivity index (χ4v) is 3.95. The van der Waals surface area contributed by atoms with Gasteiger partial charge in [0.25, 0.3) is 0 Å². The molecule has 3 rings (SSSR count). The van der Waals surface area contributed by atoms with Gasteiger partial charge in [-0.05, 0) is 26.3 Å². The summed E-state index contributed by atoms with van der Waals surface area (Å²) in [7, 11) is 0. The van der Waals surface area contributed by atoms with Gasteiger partial charge in [-0.2, -0.15) is 5.10 Å². The van der Waals surface area contributed by atoms with E-state index in [1.807, 2.05) is 29.5 Å². The number of ether oxygens (including phenoxy) is 1. The van der Waals surface area contributed by atoms with Gasteiger partial charge in [0.1, 0.15) is 5.60 Å². The Bertz CT molecular complexity index is 607. The highest BCUT2D eigenvalue weighted by Gasteiger charge is 2.55. The second kappa shape index (κ2) is 6.48. The minimum Gasteiger partial charge on any atom is -0.387 e. The fraction of sp³-hybridized carbons (Fsp3) is 0.778. The lowest BCUT2D eigenvalue weighted by Gasteiger charge is -2.47. The standard InChI is InChI=1S/C18H29N3O3/c1-4-5-7-17(23)10-18(24-13-17)11-20(12-18)16(22)6-8-21-15(3)9-14(2)19-21/h9,23H,4-8,10-13H2,1-3H3. The van der Waals surface area contributed by atoms with Gasteiger partial charge in [0.2, 0.25) is 5.91 Å². The summed E-state index contributed by atoms with van der Waals surface area (Å²) in [4.78, 5) is 14.2. The zero-order valence-electron chi connectivity index (χ0n) is 15.0. The molecule has 24 heavy (non-hydrogen) atoms. The molecule has 0 radical (unpaired) electrons. The Kier molecular flexibility index (Phi) is 4.71. The van der Waals surface area contributed by atoms with Crippen LogP contribution in [0.5, 0.6) is 0 Å². The van der Waals surface area contributed by atoms with Crippen molar-refractivity contribution < 1.29 is 14.6 Å². The number of hydrogen-bond donors (Lipinski definition) is 1. The van der Waals surface area contributed by atoms with Crippen LogP contribution in [0.1, 0.15) is 50.4 Å². The van der Waals surface area contributed by atoms with Crippen LogP contribution in [0.3, 0.4) is 0 Å². The van der Waals surface area contributed by atoms with Crippen molar-refractivity contribution in [2.45, 2.75) is 70.6 Å². The zero-order chi connectivity index (χ0) is 17.4. The van der Waals surface area contributed by atoms with Gasteiger partial charge in [-0.1, -0.05) is 19.8 Å². The van der Waals surface area contributed by atoms with E-state index >= 15 is 0 Å². The number of rotatable bonds is 6. The van der Waals surface area contributed by atoms with Gasteiger partial charge >= 0.3 is 0 Å². The number of hydrogen-bond acceptors (Lipinski definition) is 4. The van der Waals surface area contributed by atoms with Gasteiger partial charge in [0.05, 0.1) is 31.0 Å². The van der Waals surface area contributed by atoms with Gasteiger partial charge in [0.15, 0.2) is 0 Å². The third kappa shape index (κ3) is 3.49. The molecule has 2 fully saturated rings. The summed E-state index contributed by atoms with van der Waals surface area (Å²) < 4.78 is 7.78. The van der Waals surface area contributed by atoms with Crippen LogP contribution in [-0.4, -0.2) is 56.6 Å². The molecule has 1 atom stereocenters. The van der Waals surface area contributed by atoms with Crippen LogP contribution in [0.2, 0.25) is 0 Å². The smallest absolute Gasteiger partial charge is 0.224 e. The molecule has 0 aromatic carbocycles. The second-order valence-corrected chi connectivity index (χ2v) is 7.63. The van der Waals surface area contributed by atoms with E-state index < -0.39 is 5.60 Å². The average Bonchev–Trinajstić information content (AvgIpc) is 3.01. The Hall–Kier alpha value is -1.40. The van der Waals surface area contributed by atoms with E-state index in [-0.39, 0.29) is 11.5 Å². The van der Waals surface area contributed by atoms with E-state index in [1.54, 1.807) is 0 Å². The molecular formula is C18H29N3O3. The lowest BCUT2D eigenvalue weighted by Crippen LogP contribution is -2.63. The minimum absolute atomic E-state index is 0.140. The summed E-state index contributed by atoms with van der Waals surface area (Å²) in [6, 6.07) is 2.02. The van der Waals surface area contributed by atoms with Gasteiger partial charge in [-0.25, -0.2) is 0 Å². The third-order valence-corrected chi connectivity index (χ3v) is 5.25. The normalized spacial score (nSPS) is 25.2. The van der Waals surface area contributed by atoms with Crippen molar-refractivity contribution in [1.29, 1.82) is 0 Å². The molecular weight excluding hydrogens is 306 g/mol. The zero-order valence-corrected chi connectivity index (χ0v) is 15.0. The summed E-state index contributed by atoms with van der Waals surface area (Å²) in [6.45, 7) is 8.33. The van der Waals surface area contributed by atoms with Crippen LogP contribution in [0, 0.1) is 13.8 Å². The van der Waals surface area contributed by atoms with Crippen LogP contribution in [0.25, 0.3) is 0 Å². The van der Waals surface area contributed by atoms with E-state index in [1.165, 1.54) is 0 Å². The predicted octanol–water partition coefficient (Wildman–Crippen LogP) is 1.81. The molecule has 6 nitrogen and oxygen atoms in total. The molecule has 2 saturated heterocycles. The Morgan fingerprint density at radius 3 is 2.79 bits per heavy atom. The van der Waals surface area contributed by atoms with Gasteiger partial charge in [-0.3, -0.25) is 9.48 Å². The van der Waals surface area contributed by atoms with Crippen LogP contribution < -0.4 is 0 Å². The van der Waals surface area contributed by atoms with Crippen molar-refractivity contribution in [2.24, 2.45) is 0 Å². The molecule has 134 valence electrons. The van der Waals surface area contributed by atoms with Crippen molar-refractivity contribution in [3.05, 3.63) is 17.5 Å². The van der Waals surface area contributed by atoms with Crippen LogP contribution in [-0.2, 0) is 16.1 Å². The van der Waals surface area contributed by atoms with E-state index in [4.69, 9.17) is 4.74 Å². The number of likely N-dealkylation sites (tertiary alicyclic amines) is 1. The van der Waals surface area contributed by atoms with Crippen molar-refractivity contribution in [1.82, 2.24) is 14.7 Å². The van der Waals surface area contributed by atoms with Crippen molar-refractivity contribution in [3.63, 3.8) is 0 Å². The molecule has 1 amide bonds. The second-order valence-electron chi connectivity index (χ2n) is 7.63. The number of carbonyl (C=O) groups is 1. The predicted molar refractivity (Wildman–Crippen MR) is 90.7 cm³/mol. The van der Waals surface area contributed by atoms with Crippen molar-refractivity contribution >= 4 is 5.91 Å². The SMILES string of the molecule is CCCCC1(O)COC2(CN(C(=O)CCn3nc(C)cc3C)C2)C1. The Morgan fingerprint density at radius 2 is 2.17 bits per heavy atom. The molecule has 1 N–H and O–H groups in total. The van der Waals surface area contributed by atoms with E-state index in [0.717, 1.165) is 30.7 Å². The summed E-state index contributed by atoms with van der Waals surface area (Å²) in [6.07, 6.45) is 3.99. The molecule has 1 aromatic heterocycles. The fourth-order valence-electron chi connectivity index (χ4n) is 3.95. The average molecular weight is 335 g/mol. The molecule has 1 unspecified atom stereocenters. The van der Waals surface area contributed by atoms with Crippen LogP contribution in [0.4, 0.5) is 0 Å². The lowest BCUT2D eigenvalue weighted by atomic mass is 9.82. The molecule has 3 heterocycles. The maximum atomic E-state index is 12.4. The number of amides is 1. The third-order valence-electron chi connectivity index (χ3n) is 5.25. The molecule has 1 spiro atoms. The van der Waals surface area contributed by atoms with Gasteiger partial charge in [0, 0.05) is 25.1 Å². The Morgan fingerprint density at radius 1 is 1.42 bits per heavy atom. The quantitative estimate of drug-likeness (QED) is 0.861. The first kappa shape index (κ1) is 17.4. The monoisotopic (exact) mass is 335 g/mol. The van der Waals surface area contributed by atoms with E-state index in [0.29, 0.717) is 39.1 Å². The number of aromatic nitrogens is 2. The first-order valence-corrected chi connectivity index (χ1v) is 9.00. The topological polar surface area (TPSA) is 67.6 Å². The lowest BCUT2D eigenvalue weighted by molar-refractivity contribution is -0.158. The van der Waals surface area contributed by atoms with Crippen molar-refractivity contribution in [3.8, 4) is 0 Å². The first-order chi connectivity index (χ1) is 11.3. The number of carbonyl (C=O) groups excluding carboxylic acids is 1. The van der Waals surface area contributed by atoms with E-state index in [9.17, 15) is 9.90 Å². The minimum atomic E-state index is -0.700.